The third-order valence-corrected chi connectivity index (χ3v) is 9.81. The predicted octanol–water partition coefficient (Wildman–Crippen LogP) is 8.24. The highest BCUT2D eigenvalue weighted by atomic mass is 15.2. The Balaban J connectivity index is 1.37. The molecule has 0 aliphatic carbocycles. The van der Waals surface area contributed by atoms with Crippen LogP contribution in [0.4, 0.5) is 34.1 Å². The molecule has 4 heteroatoms. The maximum absolute atomic E-state index is 2.47. The summed E-state index contributed by atoms with van der Waals surface area (Å²) in [5.41, 5.74) is 17.3. The van der Waals surface area contributed by atoms with E-state index < -0.39 is 0 Å². The minimum atomic E-state index is 0.110. The van der Waals surface area contributed by atoms with Crippen molar-refractivity contribution in [1.29, 1.82) is 0 Å². The minimum Gasteiger partial charge on any atom is -0.311 e. The zero-order chi connectivity index (χ0) is 31.5. The van der Waals surface area contributed by atoms with Crippen molar-refractivity contribution in [2.45, 2.75) is 6.92 Å². The Morgan fingerprint density at radius 3 is 1.60 bits per heavy atom. The molecule has 222 valence electrons. The fourth-order valence-corrected chi connectivity index (χ4v) is 7.66. The molecule has 0 fully saturated rings. The van der Waals surface area contributed by atoms with E-state index in [9.17, 15) is 0 Å². The van der Waals surface area contributed by atoms with E-state index in [2.05, 4.69) is 192 Å². The summed E-state index contributed by atoms with van der Waals surface area (Å²) in [6, 6.07) is 57.7. The molecule has 0 spiro atoms. The summed E-state index contributed by atoms with van der Waals surface area (Å²) in [7, 11) is 2.12. The standard InChI is InChI=1S/C43H33BN3/c1-30-24-25-31(27-35(30)38-21-13-14-26-45(38)2)32-28-41-43-42(29-32)47(34-17-7-4-8-18-34)40-23-12-10-20-37(40)44(43)36-19-9-11-22-39(36)46(41)33-15-5-3-6-16-33/h3-29H,1-2H3/q+1. The average molecular weight is 603 g/mol. The van der Waals surface area contributed by atoms with Crippen LogP contribution < -0.4 is 30.8 Å². The van der Waals surface area contributed by atoms with Crippen molar-refractivity contribution in [3.8, 4) is 22.4 Å². The van der Waals surface area contributed by atoms with Gasteiger partial charge in [0.05, 0.1) is 0 Å². The minimum absolute atomic E-state index is 0.110. The molecule has 0 saturated carbocycles. The number of hydrogen-bond donors (Lipinski definition) is 0. The molecule has 3 nitrogen and oxygen atoms in total. The molecule has 2 aliphatic heterocycles. The first-order chi connectivity index (χ1) is 23.2. The van der Waals surface area contributed by atoms with Crippen LogP contribution in [0.2, 0.25) is 0 Å². The molecular formula is C43H33BN3+. The van der Waals surface area contributed by atoms with E-state index in [1.807, 2.05) is 0 Å². The number of aryl methyl sites for hydroxylation is 2. The van der Waals surface area contributed by atoms with Crippen molar-refractivity contribution in [3.05, 3.63) is 169 Å². The molecule has 0 unspecified atom stereocenters. The van der Waals surface area contributed by atoms with Gasteiger partial charge in [0.15, 0.2) is 6.20 Å². The maximum atomic E-state index is 2.47. The Morgan fingerprint density at radius 2 is 1.02 bits per heavy atom. The van der Waals surface area contributed by atoms with Gasteiger partial charge in [0, 0.05) is 51.8 Å². The zero-order valence-corrected chi connectivity index (χ0v) is 26.5. The third-order valence-electron chi connectivity index (χ3n) is 9.81. The molecule has 0 radical (unpaired) electrons. The van der Waals surface area contributed by atoms with Gasteiger partial charge in [0.25, 0.3) is 6.71 Å². The van der Waals surface area contributed by atoms with Crippen LogP contribution in [0.5, 0.6) is 0 Å². The van der Waals surface area contributed by atoms with Crippen LogP contribution >= 0.6 is 0 Å². The second-order valence-electron chi connectivity index (χ2n) is 12.5. The normalized spacial score (nSPS) is 12.8. The first-order valence-electron chi connectivity index (χ1n) is 16.3. The van der Waals surface area contributed by atoms with Crippen molar-refractivity contribution in [2.24, 2.45) is 7.05 Å². The highest BCUT2D eigenvalue weighted by Crippen LogP contribution is 2.46. The summed E-state index contributed by atoms with van der Waals surface area (Å²) >= 11 is 0. The van der Waals surface area contributed by atoms with Crippen LogP contribution in [0.25, 0.3) is 22.4 Å². The van der Waals surface area contributed by atoms with Gasteiger partial charge in [-0.2, -0.15) is 0 Å². The number of para-hydroxylation sites is 4. The van der Waals surface area contributed by atoms with E-state index in [1.54, 1.807) is 0 Å². The number of rotatable bonds is 4. The molecule has 0 amide bonds. The molecule has 7 aromatic rings. The van der Waals surface area contributed by atoms with Crippen LogP contribution in [0.1, 0.15) is 5.56 Å². The fraction of sp³-hybridized carbons (Fsp3) is 0.0465. The summed E-state index contributed by atoms with van der Waals surface area (Å²) in [4.78, 5) is 4.94. The number of fused-ring (bicyclic) bond motifs is 4. The van der Waals surface area contributed by atoms with E-state index in [-0.39, 0.29) is 6.71 Å². The summed E-state index contributed by atoms with van der Waals surface area (Å²) < 4.78 is 2.20. The Kier molecular flexibility index (Phi) is 6.36. The molecule has 0 bridgehead atoms. The van der Waals surface area contributed by atoms with Gasteiger partial charge < -0.3 is 9.80 Å². The van der Waals surface area contributed by atoms with E-state index in [4.69, 9.17) is 0 Å². The van der Waals surface area contributed by atoms with Crippen molar-refractivity contribution in [1.82, 2.24) is 0 Å². The topological polar surface area (TPSA) is 10.4 Å². The maximum Gasteiger partial charge on any atom is 0.252 e. The third kappa shape index (κ3) is 4.33. The predicted molar refractivity (Wildman–Crippen MR) is 197 cm³/mol. The largest absolute Gasteiger partial charge is 0.311 e. The van der Waals surface area contributed by atoms with Gasteiger partial charge >= 0.3 is 0 Å². The van der Waals surface area contributed by atoms with Gasteiger partial charge in [-0.25, -0.2) is 4.57 Å². The highest BCUT2D eigenvalue weighted by molar-refractivity contribution is 7.00. The molecule has 1 aromatic heterocycles. The van der Waals surface area contributed by atoms with E-state index in [0.717, 1.165) is 11.4 Å². The lowest BCUT2D eigenvalue weighted by Crippen LogP contribution is -2.61. The van der Waals surface area contributed by atoms with Crippen LogP contribution in [-0.4, -0.2) is 6.71 Å². The Hall–Kier alpha value is -5.87. The van der Waals surface area contributed by atoms with Crippen LogP contribution in [-0.2, 0) is 7.05 Å². The monoisotopic (exact) mass is 602 g/mol. The van der Waals surface area contributed by atoms with Gasteiger partial charge in [0.2, 0.25) is 5.69 Å². The molecule has 47 heavy (non-hydrogen) atoms. The Labute approximate surface area is 276 Å². The van der Waals surface area contributed by atoms with Gasteiger partial charge in [-0.3, -0.25) is 0 Å². The summed E-state index contributed by atoms with van der Waals surface area (Å²) in [6.45, 7) is 2.31. The summed E-state index contributed by atoms with van der Waals surface area (Å²) in [5.74, 6) is 0. The molecule has 0 saturated heterocycles. The summed E-state index contributed by atoms with van der Waals surface area (Å²) in [6.07, 6.45) is 2.12. The molecule has 6 aromatic carbocycles. The number of pyridine rings is 1. The molecule has 9 rings (SSSR count). The van der Waals surface area contributed by atoms with Gasteiger partial charge in [-0.1, -0.05) is 84.9 Å². The number of aromatic nitrogens is 1. The van der Waals surface area contributed by atoms with Crippen LogP contribution in [0.3, 0.4) is 0 Å². The first kappa shape index (κ1) is 27.4. The lowest BCUT2D eigenvalue weighted by molar-refractivity contribution is -0.660. The number of anilines is 6. The second-order valence-corrected chi connectivity index (χ2v) is 12.5. The molecule has 0 atom stereocenters. The zero-order valence-electron chi connectivity index (χ0n) is 26.5. The van der Waals surface area contributed by atoms with Crippen molar-refractivity contribution >= 4 is 57.2 Å². The molecule has 0 N–H and O–H groups in total. The molecule has 2 aliphatic rings. The Morgan fingerprint density at radius 1 is 0.489 bits per heavy atom. The fourth-order valence-electron chi connectivity index (χ4n) is 7.66. The van der Waals surface area contributed by atoms with Crippen molar-refractivity contribution in [2.75, 3.05) is 9.80 Å². The number of benzene rings is 6. The lowest BCUT2D eigenvalue weighted by Gasteiger charge is -2.44. The number of nitrogens with zero attached hydrogens (tertiary/aromatic N) is 3. The van der Waals surface area contributed by atoms with Crippen LogP contribution in [0, 0.1) is 6.92 Å². The van der Waals surface area contributed by atoms with E-state index >= 15 is 0 Å². The van der Waals surface area contributed by atoms with Crippen molar-refractivity contribution < 1.29 is 4.57 Å². The molecule has 3 heterocycles. The Bertz CT molecular complexity index is 2190. The quantitative estimate of drug-likeness (QED) is 0.148. The summed E-state index contributed by atoms with van der Waals surface area (Å²) in [5, 5.41) is 0. The first-order valence-corrected chi connectivity index (χ1v) is 16.3. The van der Waals surface area contributed by atoms with E-state index in [0.29, 0.717) is 0 Å². The highest BCUT2D eigenvalue weighted by Gasteiger charge is 2.43. The average Bonchev–Trinajstić information content (AvgIpc) is 3.12. The number of hydrogen-bond acceptors (Lipinski definition) is 2. The van der Waals surface area contributed by atoms with Gasteiger partial charge in [0.1, 0.15) is 7.05 Å². The van der Waals surface area contributed by atoms with Gasteiger partial charge in [-0.15, -0.1) is 0 Å². The smallest absolute Gasteiger partial charge is 0.252 e. The van der Waals surface area contributed by atoms with Gasteiger partial charge in [-0.05, 0) is 101 Å². The van der Waals surface area contributed by atoms with Crippen LogP contribution in [0.15, 0.2) is 164 Å². The van der Waals surface area contributed by atoms with E-state index in [1.165, 1.54) is 67.1 Å². The molecular weight excluding hydrogens is 569 g/mol. The second kappa shape index (κ2) is 10.9. The lowest BCUT2D eigenvalue weighted by atomic mass is 9.33. The SMILES string of the molecule is Cc1ccc(-c2cc3c4c(c2)N(c2ccccc2)c2ccccc2B4c2ccccc2N3c2ccccc2)cc1-c1cccc[n+]1C. The van der Waals surface area contributed by atoms with Crippen molar-refractivity contribution in [3.63, 3.8) is 0 Å².